The van der Waals surface area contributed by atoms with Gasteiger partial charge in [0.2, 0.25) is 0 Å². The summed E-state index contributed by atoms with van der Waals surface area (Å²) in [4.78, 5) is 10.8. The lowest BCUT2D eigenvalue weighted by atomic mass is 9.96. The van der Waals surface area contributed by atoms with E-state index in [0.29, 0.717) is 11.6 Å². The molecule has 0 heterocycles. The minimum atomic E-state index is -0.881. The second-order valence-electron chi connectivity index (χ2n) is 5.17. The number of rotatable bonds is 3. The molecule has 0 bridgehead atoms. The van der Waals surface area contributed by atoms with Crippen LogP contribution in [-0.2, 0) is 0 Å². The van der Waals surface area contributed by atoms with Crippen LogP contribution in [0.5, 0.6) is 0 Å². The van der Waals surface area contributed by atoms with Crippen molar-refractivity contribution in [3.63, 3.8) is 0 Å². The monoisotopic (exact) mass is 259 g/mol. The van der Waals surface area contributed by atoms with E-state index in [4.69, 9.17) is 5.11 Å². The van der Waals surface area contributed by atoms with E-state index in [-0.39, 0.29) is 0 Å². The molecule has 3 heteroatoms. The van der Waals surface area contributed by atoms with Crippen LogP contribution >= 0.6 is 0 Å². The Bertz CT molecular complexity index is 462. The molecule has 1 aromatic rings. The molecule has 1 aromatic carbocycles. The molecular weight excluding hydrogens is 238 g/mol. The van der Waals surface area contributed by atoms with Crippen molar-refractivity contribution in [1.82, 2.24) is 0 Å². The first-order valence-corrected chi connectivity index (χ1v) is 6.93. The number of benzene rings is 1. The maximum atomic E-state index is 10.8. The van der Waals surface area contributed by atoms with Gasteiger partial charge in [-0.1, -0.05) is 24.5 Å². The minimum absolute atomic E-state index is 0.329. The SMILES string of the molecule is C/C1=C/CCCCCC1Nc1ccc(C(=O)O)cc1. The van der Waals surface area contributed by atoms with E-state index < -0.39 is 5.97 Å². The van der Waals surface area contributed by atoms with Crippen molar-refractivity contribution in [3.05, 3.63) is 41.5 Å². The molecule has 0 radical (unpaired) electrons. The molecule has 0 amide bonds. The number of carboxylic acid groups (broad SMARTS) is 1. The van der Waals surface area contributed by atoms with Crippen LogP contribution in [0.15, 0.2) is 35.9 Å². The van der Waals surface area contributed by atoms with Gasteiger partial charge in [-0.2, -0.15) is 0 Å². The van der Waals surface area contributed by atoms with Gasteiger partial charge in [-0.25, -0.2) is 4.79 Å². The predicted octanol–water partition coefficient (Wildman–Crippen LogP) is 4.08. The first-order chi connectivity index (χ1) is 9.16. The largest absolute Gasteiger partial charge is 0.478 e. The fourth-order valence-corrected chi connectivity index (χ4v) is 2.47. The zero-order chi connectivity index (χ0) is 13.7. The number of anilines is 1. The number of carbonyl (C=O) groups is 1. The van der Waals surface area contributed by atoms with Crippen LogP contribution in [0, 0.1) is 0 Å². The molecule has 0 saturated heterocycles. The standard InChI is InChI=1S/C16H21NO2/c1-12-6-4-2-3-5-7-15(12)17-14-10-8-13(9-11-14)16(18)19/h6,8-11,15,17H,2-5,7H2,1H3,(H,18,19)/b12-6-. The van der Waals surface area contributed by atoms with Gasteiger partial charge in [0, 0.05) is 11.7 Å². The molecule has 3 nitrogen and oxygen atoms in total. The highest BCUT2D eigenvalue weighted by Crippen LogP contribution is 2.21. The van der Waals surface area contributed by atoms with Gasteiger partial charge in [0.05, 0.1) is 5.56 Å². The lowest BCUT2D eigenvalue weighted by molar-refractivity contribution is 0.0697. The average molecular weight is 259 g/mol. The van der Waals surface area contributed by atoms with Crippen molar-refractivity contribution < 1.29 is 9.90 Å². The van der Waals surface area contributed by atoms with Crippen molar-refractivity contribution in [2.75, 3.05) is 5.32 Å². The topological polar surface area (TPSA) is 49.3 Å². The lowest BCUT2D eigenvalue weighted by Gasteiger charge is -2.23. The van der Waals surface area contributed by atoms with Crippen molar-refractivity contribution >= 4 is 11.7 Å². The van der Waals surface area contributed by atoms with E-state index in [2.05, 4.69) is 18.3 Å². The Hall–Kier alpha value is -1.77. The van der Waals surface area contributed by atoms with E-state index in [1.807, 2.05) is 12.1 Å². The normalized spacial score (nSPS) is 22.8. The Morgan fingerprint density at radius 1 is 1.21 bits per heavy atom. The molecule has 2 rings (SSSR count). The highest BCUT2D eigenvalue weighted by molar-refractivity contribution is 5.88. The number of allylic oxidation sites excluding steroid dienone is 1. The third-order valence-electron chi connectivity index (χ3n) is 3.69. The van der Waals surface area contributed by atoms with Crippen LogP contribution in [0.4, 0.5) is 5.69 Å². The molecule has 0 spiro atoms. The van der Waals surface area contributed by atoms with Crippen molar-refractivity contribution in [2.45, 2.75) is 45.1 Å². The number of carboxylic acids is 1. The zero-order valence-electron chi connectivity index (χ0n) is 11.4. The van der Waals surface area contributed by atoms with Gasteiger partial charge < -0.3 is 10.4 Å². The number of hydrogen-bond donors (Lipinski definition) is 2. The van der Waals surface area contributed by atoms with E-state index in [0.717, 1.165) is 12.1 Å². The van der Waals surface area contributed by atoms with Crippen LogP contribution in [0.25, 0.3) is 0 Å². The second kappa shape index (κ2) is 6.41. The Kier molecular flexibility index (Phi) is 4.61. The number of hydrogen-bond acceptors (Lipinski definition) is 2. The summed E-state index contributed by atoms with van der Waals surface area (Å²) in [6, 6.07) is 7.35. The quantitative estimate of drug-likeness (QED) is 0.804. The van der Waals surface area contributed by atoms with Crippen molar-refractivity contribution in [2.24, 2.45) is 0 Å². The molecule has 0 saturated carbocycles. The molecule has 1 atom stereocenters. The number of aromatic carboxylic acids is 1. The summed E-state index contributed by atoms with van der Waals surface area (Å²) >= 11 is 0. The molecule has 0 aromatic heterocycles. The van der Waals surface area contributed by atoms with Crippen LogP contribution in [0.2, 0.25) is 0 Å². The maximum Gasteiger partial charge on any atom is 0.335 e. The molecule has 102 valence electrons. The fraction of sp³-hybridized carbons (Fsp3) is 0.438. The summed E-state index contributed by atoms with van der Waals surface area (Å²) < 4.78 is 0. The predicted molar refractivity (Wildman–Crippen MR) is 77.7 cm³/mol. The molecular formula is C16H21NO2. The zero-order valence-corrected chi connectivity index (χ0v) is 11.4. The van der Waals surface area contributed by atoms with Gasteiger partial charge in [0.1, 0.15) is 0 Å². The van der Waals surface area contributed by atoms with Gasteiger partial charge in [-0.15, -0.1) is 0 Å². The van der Waals surface area contributed by atoms with Crippen LogP contribution in [-0.4, -0.2) is 17.1 Å². The van der Waals surface area contributed by atoms with E-state index in [1.54, 1.807) is 12.1 Å². The molecule has 1 aliphatic rings. The molecule has 0 fully saturated rings. The second-order valence-corrected chi connectivity index (χ2v) is 5.17. The third kappa shape index (κ3) is 3.85. The highest BCUT2D eigenvalue weighted by atomic mass is 16.4. The van der Waals surface area contributed by atoms with Crippen LogP contribution < -0.4 is 5.32 Å². The first kappa shape index (κ1) is 13.7. The highest BCUT2D eigenvalue weighted by Gasteiger charge is 2.12. The van der Waals surface area contributed by atoms with Gasteiger partial charge >= 0.3 is 5.97 Å². The van der Waals surface area contributed by atoms with Crippen molar-refractivity contribution in [1.29, 1.82) is 0 Å². The summed E-state index contributed by atoms with van der Waals surface area (Å²) in [6.45, 7) is 2.18. The molecule has 19 heavy (non-hydrogen) atoms. The van der Waals surface area contributed by atoms with E-state index in [9.17, 15) is 4.79 Å². The Balaban J connectivity index is 2.06. The van der Waals surface area contributed by atoms with Gasteiger partial charge in [-0.05, 0) is 50.5 Å². The van der Waals surface area contributed by atoms with Crippen LogP contribution in [0.1, 0.15) is 49.4 Å². The minimum Gasteiger partial charge on any atom is -0.478 e. The first-order valence-electron chi connectivity index (χ1n) is 6.93. The smallest absolute Gasteiger partial charge is 0.335 e. The Morgan fingerprint density at radius 2 is 1.95 bits per heavy atom. The van der Waals surface area contributed by atoms with Gasteiger partial charge in [0.15, 0.2) is 0 Å². The summed E-state index contributed by atoms with van der Waals surface area (Å²) in [5, 5.41) is 12.4. The molecule has 1 aliphatic carbocycles. The molecule has 1 unspecified atom stereocenters. The summed E-state index contributed by atoms with van der Waals surface area (Å²) in [5.41, 5.74) is 2.71. The van der Waals surface area contributed by atoms with Crippen LogP contribution in [0.3, 0.4) is 0 Å². The Morgan fingerprint density at radius 3 is 2.63 bits per heavy atom. The fourth-order valence-electron chi connectivity index (χ4n) is 2.47. The lowest BCUT2D eigenvalue weighted by Crippen LogP contribution is -2.21. The Labute approximate surface area is 114 Å². The summed E-state index contributed by atoms with van der Waals surface area (Å²) in [7, 11) is 0. The summed E-state index contributed by atoms with van der Waals surface area (Å²) in [6.07, 6.45) is 8.46. The average Bonchev–Trinajstić information content (AvgIpc) is 2.39. The van der Waals surface area contributed by atoms with Crippen molar-refractivity contribution in [3.8, 4) is 0 Å². The summed E-state index contributed by atoms with van der Waals surface area (Å²) in [5.74, 6) is -0.881. The molecule has 0 aliphatic heterocycles. The van der Waals surface area contributed by atoms with Gasteiger partial charge in [0.25, 0.3) is 0 Å². The van der Waals surface area contributed by atoms with E-state index >= 15 is 0 Å². The third-order valence-corrected chi connectivity index (χ3v) is 3.69. The maximum absolute atomic E-state index is 10.8. The molecule has 2 N–H and O–H groups in total. The number of nitrogens with one attached hydrogen (secondary N) is 1. The van der Waals surface area contributed by atoms with Gasteiger partial charge in [-0.3, -0.25) is 0 Å². The van der Waals surface area contributed by atoms with E-state index in [1.165, 1.54) is 31.3 Å².